The fourth-order valence-electron chi connectivity index (χ4n) is 2.36. The predicted octanol–water partition coefficient (Wildman–Crippen LogP) is 5.85. The minimum atomic E-state index is 0.182. The molecule has 21 heavy (non-hydrogen) atoms. The summed E-state index contributed by atoms with van der Waals surface area (Å²) in [5.74, 6) is 0. The van der Waals surface area contributed by atoms with E-state index in [0.29, 0.717) is 5.02 Å². The van der Waals surface area contributed by atoms with Crippen LogP contribution >= 0.6 is 34.8 Å². The zero-order chi connectivity index (χ0) is 15.4. The van der Waals surface area contributed by atoms with Gasteiger partial charge in [-0.3, -0.25) is 0 Å². The van der Waals surface area contributed by atoms with E-state index < -0.39 is 0 Å². The van der Waals surface area contributed by atoms with Gasteiger partial charge in [0.2, 0.25) is 0 Å². The molecule has 0 saturated carbocycles. The minimum Gasteiger partial charge on any atom is -0.310 e. The summed E-state index contributed by atoms with van der Waals surface area (Å²) in [6, 6.07) is 11.9. The van der Waals surface area contributed by atoms with Gasteiger partial charge in [-0.2, -0.15) is 0 Å². The lowest BCUT2D eigenvalue weighted by atomic mass is 9.97. The Morgan fingerprint density at radius 1 is 1.00 bits per heavy atom. The van der Waals surface area contributed by atoms with Crippen molar-refractivity contribution in [3.05, 3.63) is 68.2 Å². The van der Waals surface area contributed by atoms with Crippen LogP contribution in [-0.4, -0.2) is 6.54 Å². The number of nitrogens with one attached hydrogen (secondary N) is 1. The molecular formula is C17H18Cl3N. The van der Waals surface area contributed by atoms with Crippen molar-refractivity contribution >= 4 is 34.8 Å². The summed E-state index contributed by atoms with van der Waals surface area (Å²) in [6.45, 7) is 4.99. The summed E-state index contributed by atoms with van der Waals surface area (Å²) in [6.07, 6.45) is 0.786. The first-order chi connectivity index (χ1) is 10.0. The number of aryl methyl sites for hydroxylation is 1. The van der Waals surface area contributed by atoms with Crippen LogP contribution in [0.4, 0.5) is 0 Å². The highest BCUT2D eigenvalue weighted by atomic mass is 35.5. The normalized spacial score (nSPS) is 12.4. The van der Waals surface area contributed by atoms with Crippen LogP contribution in [0.3, 0.4) is 0 Å². The van der Waals surface area contributed by atoms with Crippen LogP contribution in [0, 0.1) is 6.92 Å². The largest absolute Gasteiger partial charge is 0.310 e. The Balaban J connectivity index is 2.30. The van der Waals surface area contributed by atoms with Crippen LogP contribution in [-0.2, 0) is 6.42 Å². The van der Waals surface area contributed by atoms with Crippen LogP contribution in [0.5, 0.6) is 0 Å². The number of rotatable bonds is 5. The summed E-state index contributed by atoms with van der Waals surface area (Å²) >= 11 is 18.5. The first-order valence-corrected chi connectivity index (χ1v) is 8.08. The van der Waals surface area contributed by atoms with E-state index in [-0.39, 0.29) is 6.04 Å². The Labute approximate surface area is 141 Å². The van der Waals surface area contributed by atoms with E-state index in [1.54, 1.807) is 0 Å². The summed E-state index contributed by atoms with van der Waals surface area (Å²) in [7, 11) is 0. The minimum absolute atomic E-state index is 0.182. The highest BCUT2D eigenvalue weighted by molar-refractivity contribution is 6.33. The Bertz CT molecular complexity index is 625. The summed E-state index contributed by atoms with van der Waals surface area (Å²) in [4.78, 5) is 0. The first-order valence-electron chi connectivity index (χ1n) is 6.94. The van der Waals surface area contributed by atoms with E-state index in [0.717, 1.165) is 34.1 Å². The summed E-state index contributed by atoms with van der Waals surface area (Å²) in [5.41, 5.74) is 3.33. The average Bonchev–Trinajstić information content (AvgIpc) is 2.45. The Morgan fingerprint density at radius 2 is 1.71 bits per heavy atom. The zero-order valence-corrected chi connectivity index (χ0v) is 14.4. The lowest BCUT2D eigenvalue weighted by molar-refractivity contribution is 0.549. The van der Waals surface area contributed by atoms with Crippen molar-refractivity contribution in [1.82, 2.24) is 5.32 Å². The third-order valence-corrected chi connectivity index (χ3v) is 4.49. The lowest BCUT2D eigenvalue weighted by Gasteiger charge is -2.20. The van der Waals surface area contributed by atoms with Crippen molar-refractivity contribution < 1.29 is 0 Å². The molecule has 0 amide bonds. The molecule has 0 aromatic heterocycles. The van der Waals surface area contributed by atoms with Gasteiger partial charge in [-0.15, -0.1) is 0 Å². The maximum atomic E-state index is 6.28. The molecule has 1 unspecified atom stereocenters. The van der Waals surface area contributed by atoms with Crippen molar-refractivity contribution in [3.8, 4) is 0 Å². The Kier molecular flexibility index (Phi) is 5.95. The fraction of sp³-hybridized carbons (Fsp3) is 0.294. The molecule has 0 saturated heterocycles. The van der Waals surface area contributed by atoms with Gasteiger partial charge in [0.25, 0.3) is 0 Å². The molecule has 1 N–H and O–H groups in total. The first kappa shape index (κ1) is 16.6. The molecule has 2 aromatic carbocycles. The van der Waals surface area contributed by atoms with E-state index in [1.165, 1.54) is 5.56 Å². The van der Waals surface area contributed by atoms with Gasteiger partial charge in [-0.25, -0.2) is 0 Å². The molecule has 0 aliphatic carbocycles. The fourth-order valence-corrected chi connectivity index (χ4v) is 2.87. The Morgan fingerprint density at radius 3 is 2.38 bits per heavy atom. The third kappa shape index (κ3) is 4.37. The maximum Gasteiger partial charge on any atom is 0.0439 e. The van der Waals surface area contributed by atoms with Crippen LogP contribution in [0.1, 0.15) is 29.7 Å². The van der Waals surface area contributed by atoms with Crippen molar-refractivity contribution in [2.24, 2.45) is 0 Å². The van der Waals surface area contributed by atoms with Gasteiger partial charge in [0.15, 0.2) is 0 Å². The van der Waals surface area contributed by atoms with Crippen LogP contribution in [0.25, 0.3) is 0 Å². The van der Waals surface area contributed by atoms with E-state index in [4.69, 9.17) is 34.8 Å². The molecule has 0 spiro atoms. The smallest absolute Gasteiger partial charge is 0.0439 e. The molecule has 1 nitrogen and oxygen atoms in total. The van der Waals surface area contributed by atoms with Crippen LogP contribution in [0.2, 0.25) is 15.1 Å². The number of hydrogen-bond donors (Lipinski definition) is 1. The average molecular weight is 343 g/mol. The second-order valence-electron chi connectivity index (χ2n) is 5.06. The van der Waals surface area contributed by atoms with Crippen LogP contribution < -0.4 is 5.32 Å². The predicted molar refractivity (Wildman–Crippen MR) is 92.8 cm³/mol. The van der Waals surface area contributed by atoms with Gasteiger partial charge in [-0.1, -0.05) is 53.9 Å². The molecule has 112 valence electrons. The van der Waals surface area contributed by atoms with Gasteiger partial charge in [-0.05, 0) is 60.8 Å². The van der Waals surface area contributed by atoms with Gasteiger partial charge < -0.3 is 5.32 Å². The van der Waals surface area contributed by atoms with Crippen molar-refractivity contribution in [2.75, 3.05) is 6.54 Å². The standard InChI is InChI=1S/C17H18Cl3N/c1-3-21-17(12-4-6-15(19)11(2)8-12)10-13-9-14(18)5-7-16(13)20/h4-9,17,21H,3,10H2,1-2H3. The van der Waals surface area contributed by atoms with E-state index in [2.05, 4.69) is 24.4 Å². The molecule has 0 radical (unpaired) electrons. The van der Waals surface area contributed by atoms with Crippen molar-refractivity contribution in [3.63, 3.8) is 0 Å². The molecule has 0 aliphatic heterocycles. The molecule has 0 fully saturated rings. The van der Waals surface area contributed by atoms with E-state index in [9.17, 15) is 0 Å². The molecule has 4 heteroatoms. The summed E-state index contributed by atoms with van der Waals surface area (Å²) in [5, 5.41) is 5.73. The number of benzene rings is 2. The molecule has 0 heterocycles. The second-order valence-corrected chi connectivity index (χ2v) is 6.31. The van der Waals surface area contributed by atoms with Gasteiger partial charge in [0.05, 0.1) is 0 Å². The molecule has 2 aromatic rings. The van der Waals surface area contributed by atoms with Crippen LogP contribution in [0.15, 0.2) is 36.4 Å². The number of likely N-dealkylation sites (N-methyl/N-ethyl adjacent to an activating group) is 1. The van der Waals surface area contributed by atoms with E-state index in [1.807, 2.05) is 31.2 Å². The highest BCUT2D eigenvalue weighted by Crippen LogP contribution is 2.28. The topological polar surface area (TPSA) is 12.0 Å². The van der Waals surface area contributed by atoms with Gasteiger partial charge >= 0.3 is 0 Å². The quantitative estimate of drug-likeness (QED) is 0.719. The second kappa shape index (κ2) is 7.51. The van der Waals surface area contributed by atoms with E-state index >= 15 is 0 Å². The van der Waals surface area contributed by atoms with Gasteiger partial charge in [0, 0.05) is 21.1 Å². The summed E-state index contributed by atoms with van der Waals surface area (Å²) < 4.78 is 0. The SMILES string of the molecule is CCNC(Cc1cc(Cl)ccc1Cl)c1ccc(Cl)c(C)c1. The number of hydrogen-bond acceptors (Lipinski definition) is 1. The monoisotopic (exact) mass is 341 g/mol. The molecule has 1 atom stereocenters. The lowest BCUT2D eigenvalue weighted by Crippen LogP contribution is -2.23. The maximum absolute atomic E-state index is 6.28. The Hall–Kier alpha value is -0.730. The molecule has 2 rings (SSSR count). The van der Waals surface area contributed by atoms with Gasteiger partial charge in [0.1, 0.15) is 0 Å². The van der Waals surface area contributed by atoms with Crippen molar-refractivity contribution in [2.45, 2.75) is 26.3 Å². The third-order valence-electron chi connectivity index (χ3n) is 3.47. The molecule has 0 bridgehead atoms. The number of halogens is 3. The van der Waals surface area contributed by atoms with Crippen molar-refractivity contribution in [1.29, 1.82) is 0 Å². The highest BCUT2D eigenvalue weighted by Gasteiger charge is 2.14. The molecule has 0 aliphatic rings. The zero-order valence-electron chi connectivity index (χ0n) is 12.1. The molecular weight excluding hydrogens is 325 g/mol.